The Morgan fingerprint density at radius 3 is 2.76 bits per heavy atom. The van der Waals surface area contributed by atoms with Gasteiger partial charge in [0, 0.05) is 11.4 Å². The molecule has 25 heavy (non-hydrogen) atoms. The molecule has 1 aliphatic heterocycles. The van der Waals surface area contributed by atoms with Gasteiger partial charge in [-0.05, 0) is 38.5 Å². The Balaban J connectivity index is 1.99. The molecule has 0 bridgehead atoms. The first-order valence-electron chi connectivity index (χ1n) is 7.66. The lowest BCUT2D eigenvalue weighted by atomic mass is 10.1. The number of carbonyl (C=O) groups excluding carboxylic acids is 1. The molecular formula is C17H18ClN5OS. The minimum absolute atomic E-state index is 0.395. The van der Waals surface area contributed by atoms with Gasteiger partial charge in [-0.15, -0.1) is 0 Å². The lowest BCUT2D eigenvalue weighted by Gasteiger charge is -2.36. The van der Waals surface area contributed by atoms with Crippen LogP contribution >= 0.6 is 22.9 Å². The van der Waals surface area contributed by atoms with Crippen molar-refractivity contribution in [2.45, 2.75) is 27.1 Å². The number of hydrogen-bond acceptors (Lipinski definition) is 6. The summed E-state index contributed by atoms with van der Waals surface area (Å²) in [6.07, 6.45) is 3.04. The highest BCUT2D eigenvalue weighted by molar-refractivity contribution is 7.17. The molecule has 1 amide bonds. The average molecular weight is 376 g/mol. The zero-order valence-electron chi connectivity index (χ0n) is 14.1. The zero-order chi connectivity index (χ0) is 18.1. The number of nitrogens with two attached hydrogens (primary N) is 1. The van der Waals surface area contributed by atoms with Crippen LogP contribution in [0.15, 0.2) is 41.2 Å². The number of aryl methyl sites for hydroxylation is 1. The largest absolute Gasteiger partial charge is 0.365 e. The van der Waals surface area contributed by atoms with Crippen LogP contribution in [0.25, 0.3) is 0 Å². The number of nitrogens with one attached hydrogen (secondary N) is 1. The van der Waals surface area contributed by atoms with Crippen molar-refractivity contribution in [3.8, 4) is 0 Å². The number of aromatic nitrogens is 1. The lowest BCUT2D eigenvalue weighted by Crippen LogP contribution is -2.42. The van der Waals surface area contributed by atoms with Gasteiger partial charge in [-0.25, -0.2) is 9.98 Å². The normalized spacial score (nSPS) is 17.1. The summed E-state index contributed by atoms with van der Waals surface area (Å²) in [5.74, 6) is -0.497. The zero-order valence-corrected chi connectivity index (χ0v) is 15.6. The van der Waals surface area contributed by atoms with E-state index in [4.69, 9.17) is 17.3 Å². The fraction of sp³-hybridized carbons (Fsp3) is 0.235. The van der Waals surface area contributed by atoms with Crippen molar-refractivity contribution in [3.63, 3.8) is 0 Å². The quantitative estimate of drug-likeness (QED) is 0.851. The number of anilines is 2. The minimum Gasteiger partial charge on any atom is -0.365 e. The van der Waals surface area contributed by atoms with Crippen LogP contribution in [-0.4, -0.2) is 22.9 Å². The highest BCUT2D eigenvalue weighted by Gasteiger charge is 2.27. The minimum atomic E-state index is -0.497. The van der Waals surface area contributed by atoms with Gasteiger partial charge in [0.2, 0.25) is 6.29 Å². The van der Waals surface area contributed by atoms with Crippen LogP contribution in [0.3, 0.4) is 0 Å². The summed E-state index contributed by atoms with van der Waals surface area (Å²) >= 11 is 7.66. The van der Waals surface area contributed by atoms with Crippen LogP contribution in [-0.2, 0) is 0 Å². The van der Waals surface area contributed by atoms with Gasteiger partial charge in [-0.3, -0.25) is 4.79 Å². The number of rotatable bonds is 4. The Labute approximate surface area is 155 Å². The molecule has 0 radical (unpaired) electrons. The molecule has 0 spiro atoms. The maximum atomic E-state index is 11.3. The van der Waals surface area contributed by atoms with Crippen LogP contribution in [0.5, 0.6) is 0 Å². The van der Waals surface area contributed by atoms with Gasteiger partial charge in [-0.2, -0.15) is 0 Å². The van der Waals surface area contributed by atoms with Crippen LogP contribution in [0.4, 0.5) is 10.8 Å². The first kappa shape index (κ1) is 17.4. The molecule has 0 fully saturated rings. The Bertz CT molecular complexity index is 869. The number of aliphatic imine (C=N–C) groups is 1. The number of halogens is 1. The maximum Gasteiger partial charge on any atom is 0.260 e. The van der Waals surface area contributed by atoms with E-state index < -0.39 is 12.2 Å². The standard InChI is InChI=1S/C17H18ClN5OS/c1-9-5-4-6-12(18)14(9)23-11(3)7-10(2)21-16(23)22-17-20-8-13(25-17)15(19)24/h4-8,16H,1-3H3,(H2,19,24)(H,20,22). The van der Waals surface area contributed by atoms with E-state index >= 15 is 0 Å². The Morgan fingerprint density at radius 2 is 2.12 bits per heavy atom. The van der Waals surface area contributed by atoms with E-state index in [1.165, 1.54) is 17.5 Å². The van der Waals surface area contributed by atoms with E-state index in [0.717, 1.165) is 22.7 Å². The fourth-order valence-electron chi connectivity index (χ4n) is 2.74. The second-order valence-corrected chi connectivity index (χ2v) is 7.18. The van der Waals surface area contributed by atoms with Crippen molar-refractivity contribution in [2.75, 3.05) is 10.2 Å². The highest BCUT2D eigenvalue weighted by atomic mass is 35.5. The third kappa shape index (κ3) is 3.52. The van der Waals surface area contributed by atoms with Crippen LogP contribution in [0.2, 0.25) is 5.02 Å². The smallest absolute Gasteiger partial charge is 0.260 e. The Morgan fingerprint density at radius 1 is 1.36 bits per heavy atom. The molecule has 3 N–H and O–H groups in total. The summed E-state index contributed by atoms with van der Waals surface area (Å²) in [6, 6.07) is 5.78. The molecule has 8 heteroatoms. The molecular weight excluding hydrogens is 358 g/mol. The summed E-state index contributed by atoms with van der Waals surface area (Å²) in [5, 5.41) is 4.47. The Hall–Kier alpha value is -2.38. The number of allylic oxidation sites excluding steroid dienone is 2. The first-order chi connectivity index (χ1) is 11.9. The fourth-order valence-corrected chi connectivity index (χ4v) is 3.74. The highest BCUT2D eigenvalue weighted by Crippen LogP contribution is 2.35. The molecule has 3 rings (SSSR count). The number of benzene rings is 1. The van der Waals surface area contributed by atoms with Crippen LogP contribution < -0.4 is 16.0 Å². The van der Waals surface area contributed by atoms with E-state index in [-0.39, 0.29) is 0 Å². The number of hydrogen-bond donors (Lipinski definition) is 2. The molecule has 6 nitrogen and oxygen atoms in total. The van der Waals surface area contributed by atoms with E-state index in [1.807, 2.05) is 49.9 Å². The van der Waals surface area contributed by atoms with Crippen molar-refractivity contribution >= 4 is 45.4 Å². The lowest BCUT2D eigenvalue weighted by molar-refractivity contribution is 0.100. The van der Waals surface area contributed by atoms with Crippen molar-refractivity contribution in [1.29, 1.82) is 0 Å². The van der Waals surface area contributed by atoms with Gasteiger partial charge >= 0.3 is 0 Å². The SMILES string of the molecule is CC1=CC(C)=NC(Nc2ncc(C(N)=O)s2)N1c1c(C)cccc1Cl. The van der Waals surface area contributed by atoms with Crippen molar-refractivity contribution in [1.82, 2.24) is 4.98 Å². The molecule has 1 aromatic carbocycles. The van der Waals surface area contributed by atoms with Crippen molar-refractivity contribution in [3.05, 3.63) is 51.6 Å². The topological polar surface area (TPSA) is 83.6 Å². The summed E-state index contributed by atoms with van der Waals surface area (Å²) in [7, 11) is 0. The van der Waals surface area contributed by atoms with Crippen LogP contribution in [0.1, 0.15) is 29.1 Å². The van der Waals surface area contributed by atoms with E-state index in [2.05, 4.69) is 15.3 Å². The molecule has 1 aliphatic rings. The molecule has 130 valence electrons. The van der Waals surface area contributed by atoms with E-state index in [9.17, 15) is 4.79 Å². The van der Waals surface area contributed by atoms with Crippen LogP contribution in [0, 0.1) is 6.92 Å². The number of primary amides is 1. The second-order valence-electron chi connectivity index (χ2n) is 5.74. The third-order valence-corrected chi connectivity index (χ3v) is 5.05. The number of para-hydroxylation sites is 1. The maximum absolute atomic E-state index is 11.3. The molecule has 0 aliphatic carbocycles. The van der Waals surface area contributed by atoms with Gasteiger partial charge in [0.25, 0.3) is 5.91 Å². The summed E-state index contributed by atoms with van der Waals surface area (Å²) in [6.45, 7) is 5.95. The molecule has 0 saturated carbocycles. The van der Waals surface area contributed by atoms with Crippen molar-refractivity contribution < 1.29 is 4.79 Å². The molecule has 2 aromatic rings. The molecule has 1 aromatic heterocycles. The summed E-state index contributed by atoms with van der Waals surface area (Å²) in [5.41, 5.74) is 9.13. The van der Waals surface area contributed by atoms with Gasteiger partial charge in [-0.1, -0.05) is 35.1 Å². The molecule has 1 unspecified atom stereocenters. The predicted octanol–water partition coefficient (Wildman–Crippen LogP) is 3.78. The molecule has 0 saturated heterocycles. The predicted molar refractivity (Wildman–Crippen MR) is 104 cm³/mol. The third-order valence-electron chi connectivity index (χ3n) is 3.80. The van der Waals surface area contributed by atoms with Gasteiger partial charge in [0.05, 0.1) is 16.9 Å². The van der Waals surface area contributed by atoms with Gasteiger partial charge < -0.3 is 16.0 Å². The van der Waals surface area contributed by atoms with E-state index in [0.29, 0.717) is 15.0 Å². The summed E-state index contributed by atoms with van der Waals surface area (Å²) < 4.78 is 0. The average Bonchev–Trinajstić information content (AvgIpc) is 2.98. The number of thiazole rings is 1. The van der Waals surface area contributed by atoms with Crippen molar-refractivity contribution in [2.24, 2.45) is 10.7 Å². The van der Waals surface area contributed by atoms with Gasteiger partial charge in [0.1, 0.15) is 4.88 Å². The number of amides is 1. The van der Waals surface area contributed by atoms with E-state index in [1.54, 1.807) is 0 Å². The Kier molecular flexibility index (Phi) is 4.78. The summed E-state index contributed by atoms with van der Waals surface area (Å²) in [4.78, 5) is 22.6. The monoisotopic (exact) mass is 375 g/mol. The number of nitrogens with zero attached hydrogens (tertiary/aromatic N) is 3. The molecule has 1 atom stereocenters. The van der Waals surface area contributed by atoms with Gasteiger partial charge in [0.15, 0.2) is 5.13 Å². The number of carbonyl (C=O) groups is 1. The first-order valence-corrected chi connectivity index (χ1v) is 8.85. The second kappa shape index (κ2) is 6.85. The molecule has 2 heterocycles.